The second-order valence-corrected chi connectivity index (χ2v) is 8.54. The summed E-state index contributed by atoms with van der Waals surface area (Å²) in [6.45, 7) is 14.5. The Morgan fingerprint density at radius 3 is 1.86 bits per heavy atom. The molecule has 2 rings (SSSR count). The van der Waals surface area contributed by atoms with Crippen LogP contribution in [-0.4, -0.2) is 10.1 Å². The summed E-state index contributed by atoms with van der Waals surface area (Å²) in [6, 6.07) is 3.84. The maximum atomic E-state index is 10.7. The summed E-state index contributed by atoms with van der Waals surface area (Å²) in [6.07, 6.45) is 0. The van der Waals surface area contributed by atoms with Crippen molar-refractivity contribution in [1.82, 2.24) is 4.98 Å². The number of phenolic OH excluding ortho intramolecular Hbond substituents is 1. The molecule has 3 nitrogen and oxygen atoms in total. The number of aryl methyl sites for hydroxylation is 1. The van der Waals surface area contributed by atoms with Gasteiger partial charge in [0.05, 0.1) is 5.69 Å². The lowest BCUT2D eigenvalue weighted by molar-refractivity contribution is 0.414. The fourth-order valence-corrected chi connectivity index (χ4v) is 2.96. The molecule has 0 amide bonds. The zero-order valence-corrected chi connectivity index (χ0v) is 15.3. The van der Waals surface area contributed by atoms with E-state index < -0.39 is 0 Å². The maximum Gasteiger partial charge on any atom is 0.278 e. The van der Waals surface area contributed by atoms with Crippen molar-refractivity contribution in [2.45, 2.75) is 59.3 Å². The van der Waals surface area contributed by atoms with Crippen LogP contribution in [0.4, 0.5) is 0 Å². The lowest BCUT2D eigenvalue weighted by Gasteiger charge is -2.27. The number of benzene rings is 1. The largest absolute Gasteiger partial charge is 0.507 e. The zero-order chi connectivity index (χ0) is 16.7. The third-order valence-electron chi connectivity index (χ3n) is 3.50. The Labute approximate surface area is 137 Å². The third-order valence-corrected chi connectivity index (χ3v) is 4.34. The second-order valence-electron chi connectivity index (χ2n) is 7.72. The fraction of sp³-hybridized carbons (Fsp3) is 0.500. The predicted octanol–water partition coefficient (Wildman–Crippen LogP) is 5.54. The molecule has 0 aliphatic heterocycles. The van der Waals surface area contributed by atoms with Crippen LogP contribution in [0, 0.1) is 6.92 Å². The number of aromatic hydroxyl groups is 1. The minimum atomic E-state index is -0.164. The summed E-state index contributed by atoms with van der Waals surface area (Å²) in [5.74, 6) is 1.09. The van der Waals surface area contributed by atoms with Gasteiger partial charge < -0.3 is 9.84 Å². The molecular formula is C18H25NO2S. The standard InChI is InChI=1S/C18H25NO2S/c1-11-10-22-16(19-11)21-12-8-13(17(2,3)4)15(20)14(9-12)18(5,6)7/h8-10,20H,1-7H3. The molecule has 0 atom stereocenters. The molecule has 1 heterocycles. The number of hydrogen-bond donors (Lipinski definition) is 1. The first kappa shape index (κ1) is 16.8. The molecule has 22 heavy (non-hydrogen) atoms. The Balaban J connectivity index is 2.55. The highest BCUT2D eigenvalue weighted by Crippen LogP contribution is 2.42. The van der Waals surface area contributed by atoms with Gasteiger partial charge in [0.15, 0.2) is 0 Å². The van der Waals surface area contributed by atoms with E-state index in [0.717, 1.165) is 22.6 Å². The first-order valence-corrected chi connectivity index (χ1v) is 8.34. The summed E-state index contributed by atoms with van der Waals surface area (Å²) in [7, 11) is 0. The van der Waals surface area contributed by atoms with Gasteiger partial charge in [0, 0.05) is 16.5 Å². The number of nitrogens with zero attached hydrogens (tertiary/aromatic N) is 1. The highest BCUT2D eigenvalue weighted by atomic mass is 32.1. The topological polar surface area (TPSA) is 42.4 Å². The van der Waals surface area contributed by atoms with Crippen molar-refractivity contribution >= 4 is 11.3 Å². The van der Waals surface area contributed by atoms with Gasteiger partial charge in [-0.05, 0) is 29.9 Å². The van der Waals surface area contributed by atoms with Gasteiger partial charge in [-0.15, -0.1) is 0 Å². The van der Waals surface area contributed by atoms with Crippen LogP contribution in [0.1, 0.15) is 58.4 Å². The number of phenols is 1. The molecule has 0 bridgehead atoms. The molecule has 1 N–H and O–H groups in total. The van der Waals surface area contributed by atoms with E-state index in [-0.39, 0.29) is 10.8 Å². The van der Waals surface area contributed by atoms with Gasteiger partial charge in [-0.25, -0.2) is 4.98 Å². The normalized spacial score (nSPS) is 12.5. The molecular weight excluding hydrogens is 294 g/mol. The first-order chi connectivity index (χ1) is 9.98. The molecule has 0 saturated heterocycles. The van der Waals surface area contributed by atoms with Gasteiger partial charge in [0.1, 0.15) is 11.5 Å². The summed E-state index contributed by atoms with van der Waals surface area (Å²) in [5, 5.41) is 13.3. The highest BCUT2D eigenvalue weighted by Gasteiger charge is 2.27. The van der Waals surface area contributed by atoms with Gasteiger partial charge in [-0.3, -0.25) is 0 Å². The molecule has 2 aromatic rings. The van der Waals surface area contributed by atoms with Crippen LogP contribution in [0.15, 0.2) is 17.5 Å². The van der Waals surface area contributed by atoms with E-state index in [9.17, 15) is 5.11 Å². The van der Waals surface area contributed by atoms with Gasteiger partial charge in [0.2, 0.25) is 0 Å². The van der Waals surface area contributed by atoms with E-state index in [2.05, 4.69) is 46.5 Å². The zero-order valence-electron chi connectivity index (χ0n) is 14.4. The Hall–Kier alpha value is -1.55. The number of ether oxygens (including phenoxy) is 1. The number of thiazole rings is 1. The number of aromatic nitrogens is 1. The number of rotatable bonds is 2. The van der Waals surface area contributed by atoms with Gasteiger partial charge in [0.25, 0.3) is 5.19 Å². The summed E-state index contributed by atoms with van der Waals surface area (Å²) < 4.78 is 5.92. The highest BCUT2D eigenvalue weighted by molar-refractivity contribution is 7.11. The van der Waals surface area contributed by atoms with Crippen LogP contribution >= 0.6 is 11.3 Å². The fourth-order valence-electron chi connectivity index (χ4n) is 2.29. The smallest absolute Gasteiger partial charge is 0.278 e. The lowest BCUT2D eigenvalue weighted by atomic mass is 9.79. The second kappa shape index (κ2) is 5.58. The average Bonchev–Trinajstić information content (AvgIpc) is 2.74. The van der Waals surface area contributed by atoms with E-state index in [1.807, 2.05) is 24.4 Å². The Bertz CT molecular complexity index is 640. The van der Waals surface area contributed by atoms with E-state index >= 15 is 0 Å². The van der Waals surface area contributed by atoms with Crippen LogP contribution in [-0.2, 0) is 10.8 Å². The van der Waals surface area contributed by atoms with Crippen molar-refractivity contribution in [3.05, 3.63) is 34.3 Å². The molecule has 1 aromatic carbocycles. The van der Waals surface area contributed by atoms with Crippen LogP contribution in [0.3, 0.4) is 0 Å². The van der Waals surface area contributed by atoms with E-state index in [1.54, 1.807) is 0 Å². The summed E-state index contributed by atoms with van der Waals surface area (Å²) in [4.78, 5) is 4.35. The molecule has 0 saturated carbocycles. The molecule has 0 fully saturated rings. The van der Waals surface area contributed by atoms with Crippen molar-refractivity contribution in [1.29, 1.82) is 0 Å². The molecule has 0 spiro atoms. The van der Waals surface area contributed by atoms with Gasteiger partial charge >= 0.3 is 0 Å². The van der Waals surface area contributed by atoms with Crippen molar-refractivity contribution in [2.75, 3.05) is 0 Å². The van der Waals surface area contributed by atoms with Crippen LogP contribution in [0.5, 0.6) is 16.7 Å². The lowest BCUT2D eigenvalue weighted by Crippen LogP contribution is -2.17. The monoisotopic (exact) mass is 319 g/mol. The third kappa shape index (κ3) is 3.61. The quantitative estimate of drug-likeness (QED) is 0.789. The van der Waals surface area contributed by atoms with Crippen molar-refractivity contribution in [3.8, 4) is 16.7 Å². The van der Waals surface area contributed by atoms with Crippen molar-refractivity contribution in [3.63, 3.8) is 0 Å². The van der Waals surface area contributed by atoms with Crippen LogP contribution in [0.25, 0.3) is 0 Å². The van der Waals surface area contributed by atoms with Crippen molar-refractivity contribution < 1.29 is 9.84 Å². The predicted molar refractivity (Wildman–Crippen MR) is 92.4 cm³/mol. The number of hydrogen-bond acceptors (Lipinski definition) is 4. The van der Waals surface area contributed by atoms with Crippen molar-refractivity contribution in [2.24, 2.45) is 0 Å². The Kier molecular flexibility index (Phi) is 4.26. The molecule has 0 radical (unpaired) electrons. The minimum absolute atomic E-state index is 0.164. The average molecular weight is 319 g/mol. The maximum absolute atomic E-state index is 10.7. The molecule has 0 aliphatic carbocycles. The molecule has 0 aliphatic rings. The molecule has 4 heteroatoms. The van der Waals surface area contributed by atoms with Crippen LogP contribution in [0.2, 0.25) is 0 Å². The van der Waals surface area contributed by atoms with Gasteiger partial charge in [-0.2, -0.15) is 0 Å². The Morgan fingerprint density at radius 2 is 1.50 bits per heavy atom. The molecule has 0 unspecified atom stereocenters. The Morgan fingerprint density at radius 1 is 1.00 bits per heavy atom. The van der Waals surface area contributed by atoms with E-state index in [0.29, 0.717) is 10.9 Å². The van der Waals surface area contributed by atoms with Gasteiger partial charge in [-0.1, -0.05) is 52.9 Å². The summed E-state index contributed by atoms with van der Waals surface area (Å²) in [5.41, 5.74) is 2.40. The molecule has 1 aromatic heterocycles. The van der Waals surface area contributed by atoms with Crippen LogP contribution < -0.4 is 4.74 Å². The SMILES string of the molecule is Cc1csc(Oc2cc(C(C)(C)C)c(O)c(C(C)(C)C)c2)n1. The van der Waals surface area contributed by atoms with E-state index in [1.165, 1.54) is 11.3 Å². The van der Waals surface area contributed by atoms with E-state index in [4.69, 9.17) is 4.74 Å². The summed E-state index contributed by atoms with van der Waals surface area (Å²) >= 11 is 1.48. The molecule has 120 valence electrons. The minimum Gasteiger partial charge on any atom is -0.507 e. The first-order valence-electron chi connectivity index (χ1n) is 7.46.